The molecule has 2 aromatic heterocycles. The van der Waals surface area contributed by atoms with Crippen molar-refractivity contribution in [2.24, 2.45) is 0 Å². The first-order valence-electron chi connectivity index (χ1n) is 7.02. The number of hydrogen-bond donors (Lipinski definition) is 0. The lowest BCUT2D eigenvalue weighted by atomic mass is 10.3. The molecule has 0 aliphatic heterocycles. The molecular formula is C17H16N2O4. The molecule has 118 valence electrons. The van der Waals surface area contributed by atoms with Crippen LogP contribution in [0.2, 0.25) is 0 Å². The largest absolute Gasteiger partial charge is 0.497 e. The lowest BCUT2D eigenvalue weighted by molar-refractivity contribution is 0.0600. The van der Waals surface area contributed by atoms with Crippen LogP contribution >= 0.6 is 0 Å². The van der Waals surface area contributed by atoms with Gasteiger partial charge in [0.15, 0.2) is 0 Å². The second-order valence-electron chi connectivity index (χ2n) is 4.87. The van der Waals surface area contributed by atoms with Crippen molar-refractivity contribution in [3.05, 3.63) is 60.0 Å². The molecule has 0 N–H and O–H groups in total. The van der Waals surface area contributed by atoms with Gasteiger partial charge in [-0.25, -0.2) is 9.78 Å². The van der Waals surface area contributed by atoms with E-state index in [1.165, 1.54) is 7.11 Å². The van der Waals surface area contributed by atoms with Gasteiger partial charge in [0.2, 0.25) is 0 Å². The fourth-order valence-corrected chi connectivity index (χ4v) is 2.20. The first-order valence-corrected chi connectivity index (χ1v) is 7.02. The normalized spacial score (nSPS) is 10.5. The summed E-state index contributed by atoms with van der Waals surface area (Å²) in [5, 5.41) is 0. The zero-order valence-corrected chi connectivity index (χ0v) is 12.9. The number of methoxy groups -OCH3 is 2. The van der Waals surface area contributed by atoms with E-state index < -0.39 is 0 Å². The van der Waals surface area contributed by atoms with Gasteiger partial charge in [-0.2, -0.15) is 0 Å². The van der Waals surface area contributed by atoms with Crippen LogP contribution in [0, 0.1) is 0 Å². The molecule has 3 rings (SSSR count). The fraction of sp³-hybridized carbons (Fsp3) is 0.176. The van der Waals surface area contributed by atoms with Gasteiger partial charge in [0.25, 0.3) is 0 Å². The number of carbonyl (C=O) groups is 1. The zero-order chi connectivity index (χ0) is 16.2. The molecular weight excluding hydrogens is 296 g/mol. The number of benzene rings is 1. The van der Waals surface area contributed by atoms with E-state index in [0.29, 0.717) is 17.9 Å². The number of nitrogens with zero attached hydrogens (tertiary/aromatic N) is 2. The molecule has 0 saturated carbocycles. The van der Waals surface area contributed by atoms with Gasteiger partial charge in [0.1, 0.15) is 23.8 Å². The molecule has 1 aromatic carbocycles. The Kier molecular flexibility index (Phi) is 4.14. The minimum Gasteiger partial charge on any atom is -0.497 e. The van der Waals surface area contributed by atoms with E-state index in [9.17, 15) is 4.79 Å². The number of carbonyl (C=O) groups excluding carboxylic acids is 1. The van der Waals surface area contributed by atoms with Crippen LogP contribution in [0.5, 0.6) is 11.5 Å². The van der Waals surface area contributed by atoms with E-state index in [-0.39, 0.29) is 5.97 Å². The van der Waals surface area contributed by atoms with Crippen LogP contribution in [0.3, 0.4) is 0 Å². The molecule has 0 radical (unpaired) electrons. The summed E-state index contributed by atoms with van der Waals surface area (Å²) in [6.45, 7) is 0.322. The molecule has 0 aliphatic rings. The predicted molar refractivity (Wildman–Crippen MR) is 83.9 cm³/mol. The third-order valence-electron chi connectivity index (χ3n) is 3.35. The van der Waals surface area contributed by atoms with Gasteiger partial charge < -0.3 is 18.6 Å². The standard InChI is InChI=1S/C17H16N2O4/c1-21-14-4-3-5-15(8-14)23-11-13-10-19-9-12(17(20)22-2)6-7-16(19)18-13/h3-10H,11H2,1-2H3. The Morgan fingerprint density at radius 1 is 1.13 bits per heavy atom. The van der Waals surface area contributed by atoms with E-state index in [4.69, 9.17) is 14.2 Å². The van der Waals surface area contributed by atoms with Crippen molar-refractivity contribution in [2.45, 2.75) is 6.61 Å². The summed E-state index contributed by atoms with van der Waals surface area (Å²) in [6.07, 6.45) is 3.51. The average molecular weight is 312 g/mol. The van der Waals surface area contributed by atoms with Crippen molar-refractivity contribution in [3.63, 3.8) is 0 Å². The number of imidazole rings is 1. The van der Waals surface area contributed by atoms with Crippen LogP contribution < -0.4 is 9.47 Å². The van der Waals surface area contributed by atoms with E-state index >= 15 is 0 Å². The summed E-state index contributed by atoms with van der Waals surface area (Å²) in [7, 11) is 2.97. The first kappa shape index (κ1) is 14.9. The molecule has 0 atom stereocenters. The Balaban J connectivity index is 1.76. The molecule has 0 bridgehead atoms. The Morgan fingerprint density at radius 2 is 1.96 bits per heavy atom. The van der Waals surface area contributed by atoms with E-state index in [1.54, 1.807) is 29.8 Å². The van der Waals surface area contributed by atoms with Crippen LogP contribution in [-0.4, -0.2) is 29.6 Å². The monoisotopic (exact) mass is 312 g/mol. The summed E-state index contributed by atoms with van der Waals surface area (Å²) in [5.41, 5.74) is 1.97. The molecule has 0 aliphatic carbocycles. The highest BCUT2D eigenvalue weighted by atomic mass is 16.5. The molecule has 2 heterocycles. The number of fused-ring (bicyclic) bond motifs is 1. The van der Waals surface area contributed by atoms with Gasteiger partial charge in [-0.1, -0.05) is 6.07 Å². The number of esters is 1. The van der Waals surface area contributed by atoms with Crippen molar-refractivity contribution in [1.82, 2.24) is 9.38 Å². The van der Waals surface area contributed by atoms with Crippen molar-refractivity contribution in [3.8, 4) is 11.5 Å². The smallest absolute Gasteiger partial charge is 0.339 e. The Morgan fingerprint density at radius 3 is 2.74 bits per heavy atom. The third kappa shape index (κ3) is 3.26. The molecule has 23 heavy (non-hydrogen) atoms. The zero-order valence-electron chi connectivity index (χ0n) is 12.9. The minimum atomic E-state index is -0.380. The highest BCUT2D eigenvalue weighted by Crippen LogP contribution is 2.20. The highest BCUT2D eigenvalue weighted by molar-refractivity contribution is 5.89. The molecule has 3 aromatic rings. The maximum atomic E-state index is 11.5. The average Bonchev–Trinajstić information content (AvgIpc) is 3.01. The van der Waals surface area contributed by atoms with Crippen molar-refractivity contribution >= 4 is 11.6 Å². The second kappa shape index (κ2) is 6.39. The lowest BCUT2D eigenvalue weighted by Gasteiger charge is -2.05. The first-order chi connectivity index (χ1) is 11.2. The van der Waals surface area contributed by atoms with E-state index in [1.807, 2.05) is 30.5 Å². The second-order valence-corrected chi connectivity index (χ2v) is 4.87. The number of aromatic nitrogens is 2. The fourth-order valence-electron chi connectivity index (χ4n) is 2.20. The summed E-state index contributed by atoms with van der Waals surface area (Å²) in [4.78, 5) is 16.0. The lowest BCUT2D eigenvalue weighted by Crippen LogP contribution is -2.02. The van der Waals surface area contributed by atoms with Crippen LogP contribution in [0.15, 0.2) is 48.8 Å². The van der Waals surface area contributed by atoms with Gasteiger partial charge in [-0.05, 0) is 24.3 Å². The summed E-state index contributed by atoms with van der Waals surface area (Å²) in [6, 6.07) is 10.8. The van der Waals surface area contributed by atoms with Crippen molar-refractivity contribution in [2.75, 3.05) is 14.2 Å². The maximum absolute atomic E-state index is 11.5. The van der Waals surface area contributed by atoms with Gasteiger partial charge in [0, 0.05) is 18.5 Å². The number of pyridine rings is 1. The van der Waals surface area contributed by atoms with Crippen LogP contribution in [0.1, 0.15) is 16.1 Å². The van der Waals surface area contributed by atoms with Gasteiger partial charge in [-0.15, -0.1) is 0 Å². The topological polar surface area (TPSA) is 62.1 Å². The van der Waals surface area contributed by atoms with Crippen molar-refractivity contribution in [1.29, 1.82) is 0 Å². The molecule has 6 heteroatoms. The van der Waals surface area contributed by atoms with Gasteiger partial charge >= 0.3 is 5.97 Å². The Labute approximate surface area is 133 Å². The Bertz CT molecular complexity index is 841. The van der Waals surface area contributed by atoms with Crippen LogP contribution in [0.4, 0.5) is 0 Å². The quantitative estimate of drug-likeness (QED) is 0.678. The van der Waals surface area contributed by atoms with E-state index in [0.717, 1.165) is 17.1 Å². The molecule has 0 unspecified atom stereocenters. The molecule has 0 saturated heterocycles. The van der Waals surface area contributed by atoms with Crippen LogP contribution in [-0.2, 0) is 11.3 Å². The molecule has 0 amide bonds. The molecule has 0 fully saturated rings. The number of hydrogen-bond acceptors (Lipinski definition) is 5. The third-order valence-corrected chi connectivity index (χ3v) is 3.35. The minimum absolute atomic E-state index is 0.322. The summed E-state index contributed by atoms with van der Waals surface area (Å²) in [5.74, 6) is 1.06. The van der Waals surface area contributed by atoms with Crippen LogP contribution in [0.25, 0.3) is 5.65 Å². The van der Waals surface area contributed by atoms with Gasteiger partial charge in [-0.3, -0.25) is 0 Å². The Hall–Kier alpha value is -3.02. The van der Waals surface area contributed by atoms with Crippen molar-refractivity contribution < 1.29 is 19.0 Å². The molecule has 6 nitrogen and oxygen atoms in total. The summed E-state index contributed by atoms with van der Waals surface area (Å²) < 4.78 is 17.4. The van der Waals surface area contributed by atoms with Gasteiger partial charge in [0.05, 0.1) is 25.5 Å². The maximum Gasteiger partial charge on any atom is 0.339 e. The number of ether oxygens (including phenoxy) is 3. The predicted octanol–water partition coefficient (Wildman–Crippen LogP) is 2.71. The highest BCUT2D eigenvalue weighted by Gasteiger charge is 2.08. The van der Waals surface area contributed by atoms with E-state index in [2.05, 4.69) is 4.98 Å². The SMILES string of the molecule is COC(=O)c1ccc2nc(COc3cccc(OC)c3)cn2c1. The summed E-state index contributed by atoms with van der Waals surface area (Å²) >= 11 is 0. The number of rotatable bonds is 5. The molecule has 0 spiro atoms.